The molecule has 9 heteroatoms. The average molecular weight is 664 g/mol. The van der Waals surface area contributed by atoms with Crippen molar-refractivity contribution in [2.24, 2.45) is 0 Å². The minimum Gasteiger partial charge on any atom is -0.454 e. The van der Waals surface area contributed by atoms with Gasteiger partial charge < -0.3 is 28.4 Å². The van der Waals surface area contributed by atoms with Gasteiger partial charge in [0.1, 0.15) is 0 Å². The van der Waals surface area contributed by atoms with Crippen LogP contribution < -0.4 is 25.2 Å². The van der Waals surface area contributed by atoms with Crippen molar-refractivity contribution in [2.75, 3.05) is 20.5 Å². The standard InChI is InChI=1S/C37H53NO6Si2/c1-26(2)45(27(3)4,28(5)6)44-35(29-21-22-33-34(23-29)42-25-41-33)32(38-36(39)40-10)24-43-46(37(7,8)9,30-17-13-11-14-18-30)31-19-15-12-16-20-31/h11-23,26-28,32,35H,24-25H2,1-10H3,(H,38,39)/t32-,35-/m0/s1. The van der Waals surface area contributed by atoms with Crippen LogP contribution in [0.3, 0.4) is 0 Å². The second kappa shape index (κ2) is 14.8. The molecule has 7 nitrogen and oxygen atoms in total. The average Bonchev–Trinajstić information content (AvgIpc) is 3.49. The van der Waals surface area contributed by atoms with Crippen LogP contribution in [-0.4, -0.2) is 49.3 Å². The lowest BCUT2D eigenvalue weighted by Crippen LogP contribution is -2.67. The summed E-state index contributed by atoms with van der Waals surface area (Å²) in [7, 11) is -4.02. The molecule has 1 aliphatic heterocycles. The van der Waals surface area contributed by atoms with Crippen molar-refractivity contribution in [1.82, 2.24) is 5.32 Å². The van der Waals surface area contributed by atoms with Gasteiger partial charge in [0.15, 0.2) is 11.5 Å². The fourth-order valence-electron chi connectivity index (χ4n) is 7.49. The summed E-state index contributed by atoms with van der Waals surface area (Å²) in [5, 5.41) is 5.25. The van der Waals surface area contributed by atoms with E-state index >= 15 is 0 Å². The molecule has 0 saturated carbocycles. The molecule has 0 saturated heterocycles. The van der Waals surface area contributed by atoms with Crippen LogP contribution >= 0.6 is 0 Å². The lowest BCUT2D eigenvalue weighted by atomic mass is 10.0. The number of carbonyl (C=O) groups excluding carboxylic acids is 1. The maximum atomic E-state index is 13.1. The third kappa shape index (κ3) is 7.07. The Bertz CT molecular complexity index is 1360. The topological polar surface area (TPSA) is 75.3 Å². The van der Waals surface area contributed by atoms with Crippen LogP contribution in [-0.2, 0) is 13.6 Å². The van der Waals surface area contributed by atoms with Crippen molar-refractivity contribution in [3.63, 3.8) is 0 Å². The quantitative estimate of drug-likeness (QED) is 0.187. The summed E-state index contributed by atoms with van der Waals surface area (Å²) in [5.41, 5.74) is 1.86. The number of alkyl carbamates (subject to hydrolysis) is 1. The predicted octanol–water partition coefficient (Wildman–Crippen LogP) is 7.95. The van der Waals surface area contributed by atoms with Gasteiger partial charge in [-0.2, -0.15) is 0 Å². The number of rotatable bonds is 13. The molecule has 0 aromatic heterocycles. The Morgan fingerprint density at radius 2 is 1.33 bits per heavy atom. The number of methoxy groups -OCH3 is 1. The van der Waals surface area contributed by atoms with E-state index in [-0.39, 0.29) is 18.4 Å². The second-order valence-corrected chi connectivity index (χ2v) is 23.9. The first-order chi connectivity index (χ1) is 21.8. The summed E-state index contributed by atoms with van der Waals surface area (Å²) < 4.78 is 31.6. The van der Waals surface area contributed by atoms with Crippen molar-refractivity contribution < 1.29 is 27.9 Å². The number of nitrogens with one attached hydrogen (secondary N) is 1. The van der Waals surface area contributed by atoms with Gasteiger partial charge in [0.25, 0.3) is 8.32 Å². The monoisotopic (exact) mass is 663 g/mol. The first-order valence-corrected chi connectivity index (χ1v) is 20.5. The summed E-state index contributed by atoms with van der Waals surface area (Å²) in [4.78, 5) is 13.1. The largest absolute Gasteiger partial charge is 0.454 e. The van der Waals surface area contributed by atoms with Crippen LogP contribution in [0.5, 0.6) is 11.5 Å². The van der Waals surface area contributed by atoms with E-state index in [1.807, 2.05) is 30.3 Å². The van der Waals surface area contributed by atoms with Gasteiger partial charge in [-0.1, -0.05) is 129 Å². The fourth-order valence-corrected chi connectivity index (χ4v) is 17.6. The molecule has 0 aliphatic carbocycles. The number of ether oxygens (including phenoxy) is 3. The Morgan fingerprint density at radius 1 is 0.804 bits per heavy atom. The molecule has 3 aromatic carbocycles. The van der Waals surface area contributed by atoms with Crippen LogP contribution in [0.15, 0.2) is 78.9 Å². The van der Waals surface area contributed by atoms with Crippen LogP contribution in [0.1, 0.15) is 74.0 Å². The van der Waals surface area contributed by atoms with E-state index < -0.39 is 34.9 Å². The zero-order chi connectivity index (χ0) is 33.7. The number of carbonyl (C=O) groups is 1. The van der Waals surface area contributed by atoms with Crippen molar-refractivity contribution in [3.8, 4) is 11.5 Å². The van der Waals surface area contributed by atoms with Gasteiger partial charge in [-0.05, 0) is 49.7 Å². The molecular weight excluding hydrogens is 611 g/mol. The highest BCUT2D eigenvalue weighted by Gasteiger charge is 2.52. The van der Waals surface area contributed by atoms with E-state index in [0.717, 1.165) is 5.56 Å². The summed E-state index contributed by atoms with van der Waals surface area (Å²) in [5.74, 6) is 1.37. The van der Waals surface area contributed by atoms with Crippen molar-refractivity contribution >= 4 is 33.1 Å². The third-order valence-corrected chi connectivity index (χ3v) is 20.6. The van der Waals surface area contributed by atoms with Gasteiger partial charge in [-0.15, -0.1) is 0 Å². The lowest BCUT2D eigenvalue weighted by molar-refractivity contribution is 0.0897. The Hall–Kier alpha value is -3.12. The van der Waals surface area contributed by atoms with E-state index in [1.165, 1.54) is 17.5 Å². The molecule has 2 atom stereocenters. The highest BCUT2D eigenvalue weighted by molar-refractivity contribution is 6.99. The Balaban J connectivity index is 1.90. The SMILES string of the molecule is COC(=O)N[C@@H](CO[Si](c1ccccc1)(c1ccccc1)C(C)(C)C)[C@@H](O[Si](C(C)C)(C(C)C)C(C)C)c1ccc2c(c1)OCO2. The molecule has 0 radical (unpaired) electrons. The summed E-state index contributed by atoms with van der Waals surface area (Å²) in [6, 6.07) is 26.4. The zero-order valence-corrected chi connectivity index (χ0v) is 31.3. The van der Waals surface area contributed by atoms with Gasteiger partial charge in [0.2, 0.25) is 15.1 Å². The highest BCUT2D eigenvalue weighted by Crippen LogP contribution is 2.47. The molecule has 1 amide bonds. The first-order valence-electron chi connectivity index (χ1n) is 16.4. The lowest BCUT2D eigenvalue weighted by Gasteiger charge is -2.47. The van der Waals surface area contributed by atoms with E-state index in [1.54, 1.807) is 0 Å². The minimum atomic E-state index is -2.94. The number of hydrogen-bond acceptors (Lipinski definition) is 6. The van der Waals surface area contributed by atoms with E-state index in [0.29, 0.717) is 28.1 Å². The van der Waals surface area contributed by atoms with Crippen molar-refractivity contribution in [3.05, 3.63) is 84.4 Å². The molecular formula is C37H53NO6Si2. The molecule has 46 heavy (non-hydrogen) atoms. The Morgan fingerprint density at radius 3 is 1.80 bits per heavy atom. The molecule has 1 N–H and O–H groups in total. The molecule has 0 unspecified atom stereocenters. The minimum absolute atomic E-state index is 0.174. The zero-order valence-electron chi connectivity index (χ0n) is 29.3. The van der Waals surface area contributed by atoms with Gasteiger partial charge >= 0.3 is 6.09 Å². The van der Waals surface area contributed by atoms with Crippen molar-refractivity contribution in [1.29, 1.82) is 0 Å². The van der Waals surface area contributed by atoms with Gasteiger partial charge in [-0.3, -0.25) is 0 Å². The first kappa shape index (κ1) is 35.7. The molecule has 1 aliphatic rings. The summed E-state index contributed by atoms with van der Waals surface area (Å²) in [6.07, 6.45) is -1.07. The molecule has 0 bridgehead atoms. The fraction of sp³-hybridized carbons (Fsp3) is 0.486. The van der Waals surface area contributed by atoms with E-state index in [9.17, 15) is 4.79 Å². The molecule has 1 heterocycles. The Kier molecular flexibility index (Phi) is 11.5. The van der Waals surface area contributed by atoms with Crippen LogP contribution in [0.25, 0.3) is 0 Å². The normalized spacial score (nSPS) is 14.9. The molecule has 4 rings (SSSR count). The second-order valence-electron chi connectivity index (χ2n) is 14.2. The van der Waals surface area contributed by atoms with Crippen molar-refractivity contribution in [2.45, 2.75) is 96.1 Å². The van der Waals surface area contributed by atoms with Crippen LogP contribution in [0.2, 0.25) is 21.7 Å². The molecule has 3 aromatic rings. The highest BCUT2D eigenvalue weighted by atomic mass is 28.4. The number of benzene rings is 3. The van der Waals surface area contributed by atoms with Gasteiger partial charge in [-0.25, -0.2) is 4.79 Å². The summed E-state index contributed by atoms with van der Waals surface area (Å²) >= 11 is 0. The molecule has 0 spiro atoms. The van der Waals surface area contributed by atoms with Gasteiger partial charge in [0, 0.05) is 0 Å². The van der Waals surface area contributed by atoms with Crippen LogP contribution in [0, 0.1) is 0 Å². The molecule has 250 valence electrons. The summed E-state index contributed by atoms with van der Waals surface area (Å²) in [6.45, 7) is 20.7. The third-order valence-electron chi connectivity index (χ3n) is 9.51. The number of amides is 1. The number of fused-ring (bicyclic) bond motifs is 1. The predicted molar refractivity (Wildman–Crippen MR) is 190 cm³/mol. The number of hydrogen-bond donors (Lipinski definition) is 1. The van der Waals surface area contributed by atoms with Gasteiger partial charge in [0.05, 0.1) is 25.9 Å². The maximum absolute atomic E-state index is 13.1. The smallest absolute Gasteiger partial charge is 0.407 e. The Labute approximate surface area is 278 Å². The van der Waals surface area contributed by atoms with E-state index in [4.69, 9.17) is 23.1 Å². The van der Waals surface area contributed by atoms with Crippen LogP contribution in [0.4, 0.5) is 4.79 Å². The maximum Gasteiger partial charge on any atom is 0.407 e. The molecule has 0 fully saturated rings. The van der Waals surface area contributed by atoms with E-state index in [2.05, 4.69) is 116 Å².